The molecule has 5 nitrogen and oxygen atoms in total. The first kappa shape index (κ1) is 13.1. The minimum Gasteiger partial charge on any atom is -0.423 e. The first-order valence-corrected chi connectivity index (χ1v) is 7.01. The minimum absolute atomic E-state index is 0.428. The van der Waals surface area contributed by atoms with Gasteiger partial charge in [-0.3, -0.25) is 0 Å². The number of aromatic nitrogens is 2. The molecule has 3 rings (SSSR count). The van der Waals surface area contributed by atoms with Crippen molar-refractivity contribution in [3.05, 3.63) is 30.7 Å². The van der Waals surface area contributed by atoms with Crippen LogP contribution in [0.5, 0.6) is 0 Å². The van der Waals surface area contributed by atoms with E-state index in [1.165, 1.54) is 6.39 Å². The molecule has 0 unspecified atom stereocenters. The van der Waals surface area contributed by atoms with Gasteiger partial charge in [0.2, 0.25) is 12.3 Å². The third-order valence-corrected chi connectivity index (χ3v) is 3.85. The Balaban J connectivity index is 1.65. The lowest BCUT2D eigenvalue weighted by Gasteiger charge is -2.29. The summed E-state index contributed by atoms with van der Waals surface area (Å²) in [5, 5.41) is 11.2. The van der Waals surface area contributed by atoms with Crippen molar-refractivity contribution in [3.63, 3.8) is 0 Å². The fourth-order valence-corrected chi connectivity index (χ4v) is 2.72. The van der Waals surface area contributed by atoms with Crippen LogP contribution in [0.15, 0.2) is 35.1 Å². The number of ether oxygens (including phenoxy) is 1. The molecule has 5 heteroatoms. The summed E-state index contributed by atoms with van der Waals surface area (Å²) in [7, 11) is 1.80. The summed E-state index contributed by atoms with van der Waals surface area (Å²) in [5.74, 6) is 0.553. The molecule has 1 N–H and O–H groups in total. The van der Waals surface area contributed by atoms with Crippen molar-refractivity contribution in [1.29, 1.82) is 0 Å². The van der Waals surface area contributed by atoms with Crippen molar-refractivity contribution in [2.75, 3.05) is 12.4 Å². The molecule has 1 fully saturated rings. The lowest BCUT2D eigenvalue weighted by Crippen LogP contribution is -2.29. The Morgan fingerprint density at radius 3 is 2.80 bits per heavy atom. The van der Waals surface area contributed by atoms with E-state index in [9.17, 15) is 0 Å². The van der Waals surface area contributed by atoms with E-state index in [4.69, 9.17) is 9.15 Å². The van der Waals surface area contributed by atoms with Crippen LogP contribution in [0.3, 0.4) is 0 Å². The zero-order valence-corrected chi connectivity index (χ0v) is 11.6. The molecule has 1 saturated carbocycles. The highest BCUT2D eigenvalue weighted by Gasteiger charge is 2.20. The molecule has 106 valence electrons. The van der Waals surface area contributed by atoms with E-state index in [1.54, 1.807) is 7.11 Å². The van der Waals surface area contributed by atoms with Gasteiger partial charge in [0.15, 0.2) is 0 Å². The normalized spacial score (nSPS) is 22.6. The Hall–Kier alpha value is -1.88. The van der Waals surface area contributed by atoms with Crippen molar-refractivity contribution in [3.8, 4) is 11.5 Å². The standard InChI is InChI=1S/C15H19N3O2/c1-19-14-7-5-12(6-8-14)17-13-4-2-3-11(9-13)15-18-16-10-20-15/h2-4,9-10,12,14,17H,5-8H2,1H3. The van der Waals surface area contributed by atoms with Gasteiger partial charge in [0, 0.05) is 24.4 Å². The molecule has 0 spiro atoms. The number of hydrogen-bond acceptors (Lipinski definition) is 5. The molecule has 0 amide bonds. The van der Waals surface area contributed by atoms with Crippen LogP contribution in [0.25, 0.3) is 11.5 Å². The topological polar surface area (TPSA) is 60.2 Å². The van der Waals surface area contributed by atoms with E-state index in [-0.39, 0.29) is 0 Å². The van der Waals surface area contributed by atoms with Crippen LogP contribution in [0, 0.1) is 0 Å². The highest BCUT2D eigenvalue weighted by atomic mass is 16.5. The Kier molecular flexibility index (Phi) is 3.97. The van der Waals surface area contributed by atoms with Gasteiger partial charge in [-0.05, 0) is 43.9 Å². The average Bonchev–Trinajstić information content (AvgIpc) is 3.03. The summed E-state index contributed by atoms with van der Waals surface area (Å²) >= 11 is 0. The first-order valence-electron chi connectivity index (χ1n) is 7.01. The van der Waals surface area contributed by atoms with Crippen LogP contribution in [-0.4, -0.2) is 29.5 Å². The van der Waals surface area contributed by atoms with Gasteiger partial charge in [0.25, 0.3) is 0 Å². The quantitative estimate of drug-likeness (QED) is 0.927. The smallest absolute Gasteiger partial charge is 0.247 e. The molecule has 1 aromatic heterocycles. The molecule has 0 atom stereocenters. The van der Waals surface area contributed by atoms with Crippen molar-refractivity contribution in [2.45, 2.75) is 37.8 Å². The number of nitrogens with zero attached hydrogens (tertiary/aromatic N) is 2. The van der Waals surface area contributed by atoms with Crippen LogP contribution in [0.2, 0.25) is 0 Å². The Labute approximate surface area is 118 Å². The average molecular weight is 273 g/mol. The molecule has 0 aliphatic heterocycles. The predicted octanol–water partition coefficient (Wildman–Crippen LogP) is 3.11. The molecule has 1 aliphatic carbocycles. The molecule has 20 heavy (non-hydrogen) atoms. The maximum atomic E-state index is 5.40. The zero-order valence-electron chi connectivity index (χ0n) is 11.6. The Morgan fingerprint density at radius 2 is 2.10 bits per heavy atom. The minimum atomic E-state index is 0.428. The molecule has 1 heterocycles. The zero-order chi connectivity index (χ0) is 13.8. The van der Waals surface area contributed by atoms with Gasteiger partial charge in [-0.2, -0.15) is 0 Å². The van der Waals surface area contributed by atoms with Crippen LogP contribution in [0.4, 0.5) is 5.69 Å². The highest BCUT2D eigenvalue weighted by molar-refractivity contribution is 5.61. The number of nitrogens with one attached hydrogen (secondary N) is 1. The van der Waals surface area contributed by atoms with Crippen LogP contribution in [0.1, 0.15) is 25.7 Å². The van der Waals surface area contributed by atoms with Gasteiger partial charge in [-0.15, -0.1) is 10.2 Å². The summed E-state index contributed by atoms with van der Waals surface area (Å²) < 4.78 is 10.6. The van der Waals surface area contributed by atoms with Gasteiger partial charge in [0.05, 0.1) is 6.10 Å². The SMILES string of the molecule is COC1CCC(Nc2cccc(-c3nnco3)c2)CC1. The molecule has 1 aliphatic rings. The number of rotatable bonds is 4. The molecular formula is C15H19N3O2. The molecular weight excluding hydrogens is 254 g/mol. The second-order valence-corrected chi connectivity index (χ2v) is 5.18. The lowest BCUT2D eigenvalue weighted by atomic mass is 9.93. The third-order valence-electron chi connectivity index (χ3n) is 3.85. The van der Waals surface area contributed by atoms with E-state index in [2.05, 4.69) is 27.6 Å². The highest BCUT2D eigenvalue weighted by Crippen LogP contribution is 2.26. The van der Waals surface area contributed by atoms with E-state index in [0.717, 1.165) is 36.9 Å². The maximum Gasteiger partial charge on any atom is 0.247 e. The monoisotopic (exact) mass is 273 g/mol. The molecule has 0 radical (unpaired) electrons. The van der Waals surface area contributed by atoms with Crippen molar-refractivity contribution < 1.29 is 9.15 Å². The first-order chi connectivity index (χ1) is 9.85. The second-order valence-electron chi connectivity index (χ2n) is 5.18. The largest absolute Gasteiger partial charge is 0.423 e. The molecule has 0 saturated heterocycles. The van der Waals surface area contributed by atoms with Crippen molar-refractivity contribution >= 4 is 5.69 Å². The summed E-state index contributed by atoms with van der Waals surface area (Å²) in [4.78, 5) is 0. The van der Waals surface area contributed by atoms with Gasteiger partial charge in [-0.25, -0.2) is 0 Å². The van der Waals surface area contributed by atoms with Crippen LogP contribution >= 0.6 is 0 Å². The molecule has 2 aromatic rings. The summed E-state index contributed by atoms with van der Waals surface area (Å²) in [5.41, 5.74) is 2.04. The van der Waals surface area contributed by atoms with Gasteiger partial charge >= 0.3 is 0 Å². The van der Waals surface area contributed by atoms with Crippen molar-refractivity contribution in [1.82, 2.24) is 10.2 Å². The predicted molar refractivity (Wildman–Crippen MR) is 76.4 cm³/mol. The van der Waals surface area contributed by atoms with Gasteiger partial charge in [0.1, 0.15) is 0 Å². The van der Waals surface area contributed by atoms with E-state index >= 15 is 0 Å². The Bertz CT molecular complexity index is 534. The maximum absolute atomic E-state index is 5.40. The van der Waals surface area contributed by atoms with E-state index < -0.39 is 0 Å². The van der Waals surface area contributed by atoms with Crippen LogP contribution in [-0.2, 0) is 4.74 Å². The fourth-order valence-electron chi connectivity index (χ4n) is 2.72. The van der Waals surface area contributed by atoms with Crippen LogP contribution < -0.4 is 5.32 Å². The number of benzene rings is 1. The second kappa shape index (κ2) is 6.05. The summed E-state index contributed by atoms with van der Waals surface area (Å²) in [6, 6.07) is 8.61. The number of methoxy groups -OCH3 is 1. The Morgan fingerprint density at radius 1 is 1.25 bits per heavy atom. The number of anilines is 1. The van der Waals surface area contributed by atoms with Gasteiger partial charge < -0.3 is 14.5 Å². The van der Waals surface area contributed by atoms with E-state index in [0.29, 0.717) is 18.0 Å². The number of hydrogen-bond donors (Lipinski definition) is 1. The van der Waals surface area contributed by atoms with Gasteiger partial charge in [-0.1, -0.05) is 6.07 Å². The lowest BCUT2D eigenvalue weighted by molar-refractivity contribution is 0.0682. The summed E-state index contributed by atoms with van der Waals surface area (Å²) in [6.07, 6.45) is 6.31. The van der Waals surface area contributed by atoms with E-state index in [1.807, 2.05) is 12.1 Å². The molecule has 1 aromatic carbocycles. The summed E-state index contributed by atoms with van der Waals surface area (Å²) in [6.45, 7) is 0. The van der Waals surface area contributed by atoms with Crippen molar-refractivity contribution in [2.24, 2.45) is 0 Å². The third kappa shape index (κ3) is 2.99. The molecule has 0 bridgehead atoms. The fraction of sp³-hybridized carbons (Fsp3) is 0.467.